The third kappa shape index (κ3) is 2.04. The number of halogens is 1. The fraction of sp³-hybridized carbons (Fsp3) is 0.143. The summed E-state index contributed by atoms with van der Waals surface area (Å²) in [6.45, 7) is 3.01. The molecule has 0 spiro atoms. The van der Waals surface area contributed by atoms with Gasteiger partial charge in [0, 0.05) is 0 Å². The Hall–Kier alpha value is -1.68. The zero-order valence-electron chi connectivity index (χ0n) is 9.93. The van der Waals surface area contributed by atoms with Crippen molar-refractivity contribution >= 4 is 27.0 Å². The average Bonchev–Trinajstić information content (AvgIpc) is 2.81. The number of oxazole rings is 1. The van der Waals surface area contributed by atoms with E-state index in [1.165, 1.54) is 0 Å². The van der Waals surface area contributed by atoms with Crippen molar-refractivity contribution in [3.63, 3.8) is 0 Å². The normalized spacial score (nSPS) is 11.0. The van der Waals surface area contributed by atoms with Crippen molar-refractivity contribution in [2.45, 2.75) is 13.5 Å². The van der Waals surface area contributed by atoms with Crippen LogP contribution in [-0.2, 0) is 6.54 Å². The van der Waals surface area contributed by atoms with Crippen LogP contribution in [0.1, 0.15) is 6.92 Å². The molecule has 0 aliphatic heterocycles. The number of fused-ring (bicyclic) bond motifs is 1. The van der Waals surface area contributed by atoms with Gasteiger partial charge in [-0.15, -0.1) is 0 Å². The van der Waals surface area contributed by atoms with Crippen LogP contribution < -0.4 is 4.57 Å². The first-order valence-corrected chi connectivity index (χ1v) is 6.61. The van der Waals surface area contributed by atoms with Gasteiger partial charge in [0.05, 0.1) is 4.47 Å². The quantitative estimate of drug-likeness (QED) is 0.678. The number of aryl methyl sites for hydroxylation is 1. The second-order valence-corrected chi connectivity index (χ2v) is 4.98. The number of aromatic nitrogens is 2. The van der Waals surface area contributed by atoms with Crippen molar-refractivity contribution in [2.75, 3.05) is 0 Å². The van der Waals surface area contributed by atoms with Gasteiger partial charge in [0.15, 0.2) is 18.0 Å². The summed E-state index contributed by atoms with van der Waals surface area (Å²) in [6, 6.07) is 9.80. The number of rotatable bonds is 2. The summed E-state index contributed by atoms with van der Waals surface area (Å²) in [4.78, 5) is 4.50. The van der Waals surface area contributed by atoms with Crippen LogP contribution in [0.2, 0.25) is 0 Å². The number of benzene rings is 1. The molecule has 2 aromatic heterocycles. The molecule has 0 radical (unpaired) electrons. The maximum atomic E-state index is 5.76. The van der Waals surface area contributed by atoms with Crippen molar-refractivity contribution in [3.8, 4) is 11.5 Å². The van der Waals surface area contributed by atoms with Gasteiger partial charge in [0.25, 0.3) is 0 Å². The lowest BCUT2D eigenvalue weighted by atomic mass is 10.3. The molecular formula is C14H12BrN2O+. The highest BCUT2D eigenvalue weighted by molar-refractivity contribution is 9.10. The molecule has 0 N–H and O–H groups in total. The van der Waals surface area contributed by atoms with E-state index in [0.29, 0.717) is 5.89 Å². The lowest BCUT2D eigenvalue weighted by Gasteiger charge is -1.96. The highest BCUT2D eigenvalue weighted by Crippen LogP contribution is 2.24. The Bertz CT molecular complexity index is 673. The lowest BCUT2D eigenvalue weighted by Crippen LogP contribution is -2.31. The largest absolute Gasteiger partial charge is 0.436 e. The Kier molecular flexibility index (Phi) is 2.88. The monoisotopic (exact) mass is 303 g/mol. The van der Waals surface area contributed by atoms with Gasteiger partial charge in [0.2, 0.25) is 5.89 Å². The van der Waals surface area contributed by atoms with Gasteiger partial charge >= 0.3 is 0 Å². The molecule has 0 fully saturated rings. The minimum atomic E-state index is 0.653. The SMILES string of the molecule is CC[n+]1cc(Br)cc(-c2nc3ccccc3o2)c1. The van der Waals surface area contributed by atoms with Gasteiger partial charge in [-0.25, -0.2) is 9.55 Å². The number of hydrogen-bond donors (Lipinski definition) is 0. The van der Waals surface area contributed by atoms with E-state index in [0.717, 1.165) is 27.7 Å². The maximum Gasteiger partial charge on any atom is 0.233 e. The predicted molar refractivity (Wildman–Crippen MR) is 73.0 cm³/mol. The highest BCUT2D eigenvalue weighted by atomic mass is 79.9. The first-order valence-electron chi connectivity index (χ1n) is 5.82. The van der Waals surface area contributed by atoms with E-state index in [2.05, 4.69) is 32.4 Å². The van der Waals surface area contributed by atoms with Crippen LogP contribution in [0, 0.1) is 0 Å². The molecule has 0 unspecified atom stereocenters. The number of hydrogen-bond acceptors (Lipinski definition) is 2. The van der Waals surface area contributed by atoms with Crippen molar-refractivity contribution in [3.05, 3.63) is 47.2 Å². The van der Waals surface area contributed by atoms with Crippen molar-refractivity contribution < 1.29 is 8.98 Å². The third-order valence-electron chi connectivity index (χ3n) is 2.79. The summed E-state index contributed by atoms with van der Waals surface area (Å²) in [5, 5.41) is 0. The van der Waals surface area contributed by atoms with Gasteiger partial charge in [-0.3, -0.25) is 0 Å². The van der Waals surface area contributed by atoms with Crippen LogP contribution in [0.5, 0.6) is 0 Å². The first-order chi connectivity index (χ1) is 8.76. The molecule has 0 saturated carbocycles. The van der Waals surface area contributed by atoms with Crippen LogP contribution in [0.25, 0.3) is 22.6 Å². The fourth-order valence-corrected chi connectivity index (χ4v) is 2.40. The van der Waals surface area contributed by atoms with E-state index in [9.17, 15) is 0 Å². The molecular weight excluding hydrogens is 292 g/mol. The molecule has 2 heterocycles. The average molecular weight is 304 g/mol. The Morgan fingerprint density at radius 2 is 2.11 bits per heavy atom. The molecule has 0 saturated heterocycles. The molecule has 90 valence electrons. The molecule has 3 aromatic rings. The van der Waals surface area contributed by atoms with E-state index in [4.69, 9.17) is 4.42 Å². The van der Waals surface area contributed by atoms with Crippen molar-refractivity contribution in [1.29, 1.82) is 0 Å². The minimum absolute atomic E-state index is 0.653. The molecule has 3 nitrogen and oxygen atoms in total. The second-order valence-electron chi connectivity index (χ2n) is 4.06. The fourth-order valence-electron chi connectivity index (χ4n) is 1.89. The Labute approximate surface area is 113 Å². The number of pyridine rings is 1. The molecule has 18 heavy (non-hydrogen) atoms. The van der Waals surface area contributed by atoms with E-state index in [1.807, 2.05) is 42.7 Å². The summed E-state index contributed by atoms with van der Waals surface area (Å²) in [7, 11) is 0. The summed E-state index contributed by atoms with van der Waals surface area (Å²) in [5.41, 5.74) is 2.67. The molecule has 0 amide bonds. The molecule has 4 heteroatoms. The maximum absolute atomic E-state index is 5.76. The summed E-state index contributed by atoms with van der Waals surface area (Å²) >= 11 is 3.50. The van der Waals surface area contributed by atoms with Crippen LogP contribution >= 0.6 is 15.9 Å². The first kappa shape index (κ1) is 11.4. The second kappa shape index (κ2) is 4.53. The lowest BCUT2D eigenvalue weighted by molar-refractivity contribution is -0.693. The van der Waals surface area contributed by atoms with E-state index in [-0.39, 0.29) is 0 Å². The van der Waals surface area contributed by atoms with Gasteiger partial charge in [-0.05, 0) is 41.1 Å². The third-order valence-corrected chi connectivity index (χ3v) is 3.23. The molecule has 0 aliphatic carbocycles. The van der Waals surface area contributed by atoms with Gasteiger partial charge in [0.1, 0.15) is 17.6 Å². The summed E-state index contributed by atoms with van der Waals surface area (Å²) in [6.07, 6.45) is 4.07. The number of para-hydroxylation sites is 2. The van der Waals surface area contributed by atoms with Crippen LogP contribution in [0.15, 0.2) is 51.6 Å². The molecule has 0 aliphatic rings. The number of nitrogens with zero attached hydrogens (tertiary/aromatic N) is 2. The topological polar surface area (TPSA) is 29.9 Å². The van der Waals surface area contributed by atoms with E-state index in [1.54, 1.807) is 0 Å². The van der Waals surface area contributed by atoms with E-state index >= 15 is 0 Å². The van der Waals surface area contributed by atoms with E-state index < -0.39 is 0 Å². The summed E-state index contributed by atoms with van der Waals surface area (Å²) in [5.74, 6) is 0.653. The zero-order valence-corrected chi connectivity index (χ0v) is 11.5. The van der Waals surface area contributed by atoms with Crippen LogP contribution in [-0.4, -0.2) is 4.98 Å². The van der Waals surface area contributed by atoms with Gasteiger partial charge in [-0.2, -0.15) is 0 Å². The molecule has 0 atom stereocenters. The van der Waals surface area contributed by atoms with Crippen molar-refractivity contribution in [1.82, 2.24) is 4.98 Å². The van der Waals surface area contributed by atoms with Crippen molar-refractivity contribution in [2.24, 2.45) is 0 Å². The van der Waals surface area contributed by atoms with Gasteiger partial charge < -0.3 is 4.42 Å². The Morgan fingerprint density at radius 3 is 2.89 bits per heavy atom. The molecule has 0 bridgehead atoms. The molecule has 3 rings (SSSR count). The van der Waals surface area contributed by atoms with Crippen LogP contribution in [0.4, 0.5) is 0 Å². The highest BCUT2D eigenvalue weighted by Gasteiger charge is 2.12. The molecule has 1 aromatic carbocycles. The smallest absolute Gasteiger partial charge is 0.233 e. The standard InChI is InChI=1S/C14H12BrN2O/c1-2-17-8-10(7-11(15)9-17)14-16-12-5-3-4-6-13(12)18-14/h3-9H,2H2,1H3/q+1. The Balaban J connectivity index is 2.16. The minimum Gasteiger partial charge on any atom is -0.436 e. The van der Waals surface area contributed by atoms with Crippen LogP contribution in [0.3, 0.4) is 0 Å². The summed E-state index contributed by atoms with van der Waals surface area (Å²) < 4.78 is 8.87. The Morgan fingerprint density at radius 1 is 1.28 bits per heavy atom. The predicted octanol–water partition coefficient (Wildman–Crippen LogP) is 3.56. The van der Waals surface area contributed by atoms with Gasteiger partial charge in [-0.1, -0.05) is 12.1 Å². The zero-order chi connectivity index (χ0) is 12.5.